The molecular formula is C16H23NO. The Labute approximate surface area is 110 Å². The van der Waals surface area contributed by atoms with Gasteiger partial charge < -0.3 is 10.5 Å². The van der Waals surface area contributed by atoms with Crippen LogP contribution in [-0.4, -0.2) is 6.10 Å². The van der Waals surface area contributed by atoms with Crippen molar-refractivity contribution in [1.82, 2.24) is 0 Å². The van der Waals surface area contributed by atoms with Crippen LogP contribution in [0.3, 0.4) is 0 Å². The lowest BCUT2D eigenvalue weighted by Gasteiger charge is -2.25. The lowest BCUT2D eigenvalue weighted by Crippen LogP contribution is -2.24. The number of ether oxygens (including phenoxy) is 1. The van der Waals surface area contributed by atoms with Gasteiger partial charge in [0.1, 0.15) is 11.9 Å². The van der Waals surface area contributed by atoms with Crippen LogP contribution in [0.2, 0.25) is 0 Å². The van der Waals surface area contributed by atoms with Crippen molar-refractivity contribution in [1.29, 1.82) is 0 Å². The predicted octanol–water partition coefficient (Wildman–Crippen LogP) is 3.58. The zero-order chi connectivity index (χ0) is 12.7. The van der Waals surface area contributed by atoms with E-state index in [1.54, 1.807) is 0 Å². The zero-order valence-corrected chi connectivity index (χ0v) is 11.4. The van der Waals surface area contributed by atoms with Crippen molar-refractivity contribution in [3.63, 3.8) is 0 Å². The van der Waals surface area contributed by atoms with Crippen molar-refractivity contribution in [3.05, 3.63) is 29.3 Å². The minimum absolute atomic E-state index is 0.0403. The molecule has 2 saturated carbocycles. The van der Waals surface area contributed by atoms with Crippen LogP contribution in [-0.2, 0) is 0 Å². The highest BCUT2D eigenvalue weighted by Gasteiger charge is 2.41. The van der Waals surface area contributed by atoms with Crippen molar-refractivity contribution in [2.75, 3.05) is 0 Å². The summed E-state index contributed by atoms with van der Waals surface area (Å²) < 4.78 is 6.28. The Morgan fingerprint density at radius 1 is 1.28 bits per heavy atom. The molecule has 3 unspecified atom stereocenters. The van der Waals surface area contributed by atoms with E-state index in [1.165, 1.54) is 31.2 Å². The van der Waals surface area contributed by atoms with Gasteiger partial charge in [0.05, 0.1) is 0 Å². The summed E-state index contributed by atoms with van der Waals surface area (Å²) in [5.74, 6) is 2.72. The summed E-state index contributed by atoms with van der Waals surface area (Å²) in [6, 6.07) is 6.42. The van der Waals surface area contributed by atoms with Crippen LogP contribution in [0.25, 0.3) is 0 Å². The second-order valence-corrected chi connectivity index (χ2v) is 6.16. The van der Waals surface area contributed by atoms with Crippen molar-refractivity contribution in [2.45, 2.75) is 51.7 Å². The fourth-order valence-electron chi connectivity index (χ4n) is 3.62. The molecule has 0 spiro atoms. The largest absolute Gasteiger partial charge is 0.490 e. The van der Waals surface area contributed by atoms with Gasteiger partial charge in [-0.25, -0.2) is 0 Å². The summed E-state index contributed by atoms with van der Waals surface area (Å²) in [5, 5.41) is 0. The first kappa shape index (κ1) is 12.0. The molecule has 98 valence electrons. The van der Waals surface area contributed by atoms with Gasteiger partial charge in [-0.1, -0.05) is 17.7 Å². The van der Waals surface area contributed by atoms with Gasteiger partial charge in [0.2, 0.25) is 0 Å². The van der Waals surface area contributed by atoms with Gasteiger partial charge in [-0.2, -0.15) is 0 Å². The second kappa shape index (κ2) is 4.58. The van der Waals surface area contributed by atoms with Crippen LogP contribution in [0.1, 0.15) is 49.8 Å². The molecule has 4 atom stereocenters. The normalized spacial score (nSPS) is 31.6. The van der Waals surface area contributed by atoms with Gasteiger partial charge in [0.15, 0.2) is 0 Å². The van der Waals surface area contributed by atoms with E-state index in [1.807, 2.05) is 6.92 Å². The molecule has 2 aliphatic rings. The summed E-state index contributed by atoms with van der Waals surface area (Å²) in [6.45, 7) is 4.13. The lowest BCUT2D eigenvalue weighted by atomic mass is 9.97. The molecule has 1 aromatic carbocycles. The highest BCUT2D eigenvalue weighted by atomic mass is 16.5. The van der Waals surface area contributed by atoms with E-state index >= 15 is 0 Å². The maximum absolute atomic E-state index is 6.28. The van der Waals surface area contributed by atoms with Gasteiger partial charge in [-0.3, -0.25) is 0 Å². The molecule has 3 rings (SSSR count). The fourth-order valence-corrected chi connectivity index (χ4v) is 3.62. The number of hydrogen-bond donors (Lipinski definition) is 1. The first-order chi connectivity index (χ1) is 8.63. The van der Waals surface area contributed by atoms with Crippen molar-refractivity contribution < 1.29 is 4.74 Å². The molecule has 0 saturated heterocycles. The van der Waals surface area contributed by atoms with Gasteiger partial charge in [-0.05, 0) is 57.4 Å². The Balaban J connectivity index is 1.80. The third-order valence-corrected chi connectivity index (χ3v) is 4.61. The number of benzene rings is 1. The predicted molar refractivity (Wildman–Crippen MR) is 73.6 cm³/mol. The molecule has 2 aliphatic carbocycles. The number of rotatable bonds is 3. The first-order valence-electron chi connectivity index (χ1n) is 7.16. The Morgan fingerprint density at radius 3 is 2.72 bits per heavy atom. The van der Waals surface area contributed by atoms with Crippen LogP contribution in [0.15, 0.2) is 18.2 Å². The molecule has 2 fully saturated rings. The summed E-state index contributed by atoms with van der Waals surface area (Å²) in [7, 11) is 0. The van der Waals surface area contributed by atoms with Crippen molar-refractivity contribution >= 4 is 0 Å². The summed E-state index contributed by atoms with van der Waals surface area (Å²) >= 11 is 0. The van der Waals surface area contributed by atoms with Crippen molar-refractivity contribution in [3.8, 4) is 5.75 Å². The molecule has 2 bridgehead atoms. The van der Waals surface area contributed by atoms with Crippen LogP contribution in [0.5, 0.6) is 5.75 Å². The zero-order valence-electron chi connectivity index (χ0n) is 11.4. The Morgan fingerprint density at radius 2 is 2.11 bits per heavy atom. The average molecular weight is 245 g/mol. The molecule has 0 aromatic heterocycles. The number of nitrogens with two attached hydrogens (primary N) is 1. The first-order valence-corrected chi connectivity index (χ1v) is 7.16. The number of hydrogen-bond acceptors (Lipinski definition) is 2. The number of fused-ring (bicyclic) bond motifs is 2. The highest BCUT2D eigenvalue weighted by Crippen LogP contribution is 2.46. The van der Waals surface area contributed by atoms with Gasteiger partial charge in [0.25, 0.3) is 0 Å². The maximum Gasteiger partial charge on any atom is 0.124 e. The minimum Gasteiger partial charge on any atom is -0.490 e. The van der Waals surface area contributed by atoms with Crippen LogP contribution in [0.4, 0.5) is 0 Å². The molecule has 2 N–H and O–H groups in total. The maximum atomic E-state index is 6.28. The molecule has 0 radical (unpaired) electrons. The smallest absolute Gasteiger partial charge is 0.124 e. The van der Waals surface area contributed by atoms with E-state index in [-0.39, 0.29) is 6.04 Å². The molecule has 2 heteroatoms. The van der Waals surface area contributed by atoms with Crippen molar-refractivity contribution in [2.24, 2.45) is 17.6 Å². The SMILES string of the molecule is Cc1ccc(OC2CC3CCC2C3)c([C@@H](C)N)c1. The molecule has 0 aliphatic heterocycles. The van der Waals surface area contributed by atoms with Crippen LogP contribution in [0, 0.1) is 18.8 Å². The summed E-state index contributed by atoms with van der Waals surface area (Å²) in [4.78, 5) is 0. The highest BCUT2D eigenvalue weighted by molar-refractivity contribution is 5.39. The van der Waals surface area contributed by atoms with E-state index in [4.69, 9.17) is 10.5 Å². The monoisotopic (exact) mass is 245 g/mol. The summed E-state index contributed by atoms with van der Waals surface area (Å²) in [6.07, 6.45) is 5.83. The minimum atomic E-state index is 0.0403. The molecule has 0 heterocycles. The van der Waals surface area contributed by atoms with Gasteiger partial charge in [-0.15, -0.1) is 0 Å². The van der Waals surface area contributed by atoms with Crippen LogP contribution >= 0.6 is 0 Å². The van der Waals surface area contributed by atoms with E-state index in [0.29, 0.717) is 6.10 Å². The van der Waals surface area contributed by atoms with Gasteiger partial charge >= 0.3 is 0 Å². The van der Waals surface area contributed by atoms with Gasteiger partial charge in [0, 0.05) is 11.6 Å². The Hall–Kier alpha value is -1.02. The fraction of sp³-hybridized carbons (Fsp3) is 0.625. The lowest BCUT2D eigenvalue weighted by molar-refractivity contribution is 0.136. The second-order valence-electron chi connectivity index (χ2n) is 6.16. The summed E-state index contributed by atoms with van der Waals surface area (Å²) in [5.41, 5.74) is 8.46. The van der Waals surface area contributed by atoms with E-state index in [0.717, 1.165) is 23.1 Å². The molecule has 18 heavy (non-hydrogen) atoms. The third kappa shape index (κ3) is 2.14. The molecule has 1 aromatic rings. The van der Waals surface area contributed by atoms with E-state index in [2.05, 4.69) is 25.1 Å². The van der Waals surface area contributed by atoms with E-state index < -0.39 is 0 Å². The van der Waals surface area contributed by atoms with E-state index in [9.17, 15) is 0 Å². The molecular weight excluding hydrogens is 222 g/mol. The van der Waals surface area contributed by atoms with Crippen LogP contribution < -0.4 is 10.5 Å². The Kier molecular flexibility index (Phi) is 3.06. The molecule has 0 amide bonds. The average Bonchev–Trinajstić information content (AvgIpc) is 2.93. The number of aryl methyl sites for hydroxylation is 1. The third-order valence-electron chi connectivity index (χ3n) is 4.61. The Bertz CT molecular complexity index is 441. The topological polar surface area (TPSA) is 35.2 Å². The quantitative estimate of drug-likeness (QED) is 0.883. The molecule has 2 nitrogen and oxygen atoms in total. The standard InChI is InChI=1S/C16H23NO/c1-10-3-6-15(14(7-10)11(2)17)18-16-9-12-4-5-13(16)8-12/h3,6-7,11-13,16H,4-5,8-9,17H2,1-2H3/t11-,12?,13?,16?/m1/s1.